The smallest absolute Gasteiger partial charge is 0.303 e. The average molecular weight is 685 g/mol. The van der Waals surface area contributed by atoms with Crippen LogP contribution in [0.4, 0.5) is 11.6 Å². The number of carbonyl (C=O) groups is 5. The van der Waals surface area contributed by atoms with E-state index in [9.17, 15) is 24.0 Å². The quantitative estimate of drug-likeness (QED) is 0.0733. The number of allylic oxidation sites excluding steroid dienone is 2. The van der Waals surface area contributed by atoms with Crippen molar-refractivity contribution in [2.45, 2.75) is 64.0 Å². The molecule has 14 heteroatoms. The van der Waals surface area contributed by atoms with Crippen LogP contribution in [0.15, 0.2) is 77.3 Å². The van der Waals surface area contributed by atoms with E-state index in [4.69, 9.17) is 5.11 Å². The average Bonchev–Trinajstić information content (AvgIpc) is 3.52. The third-order valence-corrected chi connectivity index (χ3v) is 7.79. The van der Waals surface area contributed by atoms with E-state index in [-0.39, 0.29) is 31.6 Å². The number of anilines is 2. The van der Waals surface area contributed by atoms with Gasteiger partial charge in [0.15, 0.2) is 0 Å². The minimum atomic E-state index is -1.01. The molecule has 7 N–H and O–H groups in total. The minimum absolute atomic E-state index is 0.113. The van der Waals surface area contributed by atoms with Crippen molar-refractivity contribution >= 4 is 58.5 Å². The molecule has 2 atom stereocenters. The van der Waals surface area contributed by atoms with Gasteiger partial charge in [-0.15, -0.1) is 0 Å². The topological polar surface area (TPSA) is 207 Å². The Morgan fingerprint density at radius 3 is 2.50 bits per heavy atom. The Morgan fingerprint density at radius 2 is 1.74 bits per heavy atom. The van der Waals surface area contributed by atoms with Crippen molar-refractivity contribution in [1.29, 1.82) is 0 Å². The summed E-state index contributed by atoms with van der Waals surface area (Å²) in [6.45, 7) is 3.16. The molecule has 0 bridgehead atoms. The molecule has 264 valence electrons. The Bertz CT molecular complexity index is 1710. The van der Waals surface area contributed by atoms with E-state index in [1.54, 1.807) is 43.5 Å². The number of H-pyrrole nitrogens is 1. The number of aliphatic imine (C=N–C) groups is 1. The van der Waals surface area contributed by atoms with Gasteiger partial charge >= 0.3 is 5.97 Å². The predicted octanol–water partition coefficient (Wildman–Crippen LogP) is 3.52. The van der Waals surface area contributed by atoms with Gasteiger partial charge in [-0.2, -0.15) is 0 Å². The van der Waals surface area contributed by atoms with Gasteiger partial charge in [-0.25, -0.2) is 4.98 Å². The van der Waals surface area contributed by atoms with Gasteiger partial charge in [0.05, 0.1) is 11.0 Å². The summed E-state index contributed by atoms with van der Waals surface area (Å²) in [6.07, 6.45) is 9.07. The summed E-state index contributed by atoms with van der Waals surface area (Å²) in [5, 5.41) is 23.2. The molecule has 50 heavy (non-hydrogen) atoms. The van der Waals surface area contributed by atoms with Crippen LogP contribution in [-0.4, -0.2) is 82.6 Å². The molecule has 0 spiro atoms. The number of benzene rings is 2. The zero-order chi connectivity index (χ0) is 35.7. The zero-order valence-electron chi connectivity index (χ0n) is 28.0. The largest absolute Gasteiger partial charge is 0.481 e. The number of rotatable bonds is 19. The second-order valence-electron chi connectivity index (χ2n) is 11.7. The number of carboxylic acids is 1. The third kappa shape index (κ3) is 12.0. The number of aromatic amines is 1. The first-order valence-electron chi connectivity index (χ1n) is 16.8. The predicted molar refractivity (Wildman–Crippen MR) is 191 cm³/mol. The van der Waals surface area contributed by atoms with Gasteiger partial charge in [-0.3, -0.25) is 29.0 Å². The van der Waals surface area contributed by atoms with Crippen molar-refractivity contribution in [1.82, 2.24) is 31.2 Å². The standard InChI is InChI=1S/C36H44N8O6/c1-2-38-34(49)29(16-8-17-32(46)47)42-35(50)30(15-5-6-21-39-31(45)19-18-24-10-9-20-37-23-24)41-33(48)25-11-7-12-26(22-25)40-36-43-27-13-3-4-14-28(27)44-36/h3-4,7,10-14,18-19,22-23,29-30H,2,5-6,8-9,15-17,20-21H2,1H3,(H,38,49)(H,39,45)(H,41,48)(H,42,50)(H,46,47)(H2,40,43,44)/b19-18+/t29-,30-/m1/s1. The van der Waals surface area contributed by atoms with E-state index in [2.05, 4.69) is 41.5 Å². The highest BCUT2D eigenvalue weighted by Crippen LogP contribution is 2.19. The van der Waals surface area contributed by atoms with Crippen molar-refractivity contribution in [3.63, 3.8) is 0 Å². The number of hydrogen-bond donors (Lipinski definition) is 7. The fourth-order valence-corrected chi connectivity index (χ4v) is 5.25. The molecule has 0 aliphatic carbocycles. The summed E-state index contributed by atoms with van der Waals surface area (Å²) in [6, 6.07) is 12.3. The molecule has 1 aliphatic heterocycles. The fraction of sp³-hybridized carbons (Fsp3) is 0.361. The van der Waals surface area contributed by atoms with Crippen LogP contribution in [0.1, 0.15) is 62.2 Å². The fourth-order valence-electron chi connectivity index (χ4n) is 5.25. The number of hydrogen-bond acceptors (Lipinski definition) is 8. The molecular formula is C36H44N8O6. The van der Waals surface area contributed by atoms with Gasteiger partial charge in [0.1, 0.15) is 12.1 Å². The highest BCUT2D eigenvalue weighted by atomic mass is 16.4. The molecule has 0 unspecified atom stereocenters. The van der Waals surface area contributed by atoms with Crippen molar-refractivity contribution < 1.29 is 29.1 Å². The molecule has 0 saturated carbocycles. The maximum atomic E-state index is 13.6. The number of imidazole rings is 1. The molecule has 1 aromatic heterocycles. The lowest BCUT2D eigenvalue weighted by Crippen LogP contribution is -2.53. The lowest BCUT2D eigenvalue weighted by molar-refractivity contribution is -0.137. The summed E-state index contributed by atoms with van der Waals surface area (Å²) >= 11 is 0. The summed E-state index contributed by atoms with van der Waals surface area (Å²) in [5.41, 5.74) is 3.41. The molecule has 14 nitrogen and oxygen atoms in total. The first-order valence-corrected chi connectivity index (χ1v) is 16.8. The Hall–Kier alpha value is -5.79. The lowest BCUT2D eigenvalue weighted by atomic mass is 10.0. The maximum Gasteiger partial charge on any atom is 0.303 e. The SMILES string of the molecule is CCNC(=O)[C@@H](CCCC(=O)O)NC(=O)[C@@H](CCCCNC(=O)/C=C/C1=CCCN=C1)NC(=O)c1cccc(Nc2nc3ccccc3[nH]2)c1. The molecule has 4 rings (SSSR count). The number of para-hydroxylation sites is 2. The first kappa shape index (κ1) is 37.0. The molecule has 0 saturated heterocycles. The van der Waals surface area contributed by atoms with E-state index in [0.717, 1.165) is 29.6 Å². The molecule has 4 amide bonds. The Balaban J connectivity index is 1.40. The van der Waals surface area contributed by atoms with Crippen molar-refractivity contribution in [2.24, 2.45) is 4.99 Å². The van der Waals surface area contributed by atoms with E-state index in [1.165, 1.54) is 6.08 Å². The number of amides is 4. The lowest BCUT2D eigenvalue weighted by Gasteiger charge is -2.23. The summed E-state index contributed by atoms with van der Waals surface area (Å²) < 4.78 is 0. The number of fused-ring (bicyclic) bond motifs is 1. The number of dihydropyridines is 1. The van der Waals surface area contributed by atoms with E-state index < -0.39 is 35.8 Å². The van der Waals surface area contributed by atoms with Gasteiger partial charge in [0.2, 0.25) is 23.7 Å². The highest BCUT2D eigenvalue weighted by Gasteiger charge is 2.27. The summed E-state index contributed by atoms with van der Waals surface area (Å²) in [7, 11) is 0. The summed E-state index contributed by atoms with van der Waals surface area (Å²) in [4.78, 5) is 75.0. The highest BCUT2D eigenvalue weighted by molar-refractivity contribution is 5.99. The molecule has 2 aromatic carbocycles. The second-order valence-corrected chi connectivity index (χ2v) is 11.7. The van der Waals surface area contributed by atoms with Crippen LogP contribution in [0.25, 0.3) is 11.0 Å². The van der Waals surface area contributed by atoms with Crippen molar-refractivity contribution in [3.8, 4) is 0 Å². The Labute approximate surface area is 290 Å². The molecule has 0 radical (unpaired) electrons. The van der Waals surface area contributed by atoms with Gasteiger partial charge in [0, 0.05) is 49.6 Å². The number of carbonyl (C=O) groups excluding carboxylic acids is 4. The Morgan fingerprint density at radius 1 is 0.940 bits per heavy atom. The second kappa shape index (κ2) is 19.3. The van der Waals surface area contributed by atoms with E-state index in [1.807, 2.05) is 30.3 Å². The number of nitrogens with zero attached hydrogens (tertiary/aromatic N) is 2. The van der Waals surface area contributed by atoms with Crippen LogP contribution in [0.3, 0.4) is 0 Å². The number of carboxylic acid groups (broad SMARTS) is 1. The normalized spacial score (nSPS) is 13.7. The molecule has 1 aliphatic rings. The van der Waals surface area contributed by atoms with Crippen LogP contribution in [0.2, 0.25) is 0 Å². The van der Waals surface area contributed by atoms with E-state index >= 15 is 0 Å². The van der Waals surface area contributed by atoms with Gasteiger partial charge in [-0.1, -0.05) is 24.3 Å². The number of unbranched alkanes of at least 4 members (excludes halogenated alkanes) is 1. The number of likely N-dealkylation sites (N-methyl/N-ethyl adjacent to an activating group) is 1. The van der Waals surface area contributed by atoms with Gasteiger partial charge < -0.3 is 36.7 Å². The number of aliphatic carboxylic acids is 1. The van der Waals surface area contributed by atoms with Crippen molar-refractivity contribution in [3.05, 3.63) is 77.9 Å². The zero-order valence-corrected chi connectivity index (χ0v) is 28.0. The van der Waals surface area contributed by atoms with E-state index in [0.29, 0.717) is 43.1 Å². The van der Waals surface area contributed by atoms with Crippen LogP contribution >= 0.6 is 0 Å². The van der Waals surface area contributed by atoms with Gasteiger partial charge in [-0.05, 0) is 87.4 Å². The van der Waals surface area contributed by atoms with Crippen molar-refractivity contribution in [2.75, 3.05) is 25.0 Å². The maximum absolute atomic E-state index is 13.6. The minimum Gasteiger partial charge on any atom is -0.481 e. The molecule has 3 aromatic rings. The van der Waals surface area contributed by atoms with Crippen LogP contribution < -0.4 is 26.6 Å². The summed E-state index contributed by atoms with van der Waals surface area (Å²) in [5.74, 6) is -2.27. The third-order valence-electron chi connectivity index (χ3n) is 7.79. The number of nitrogens with one attached hydrogen (secondary N) is 6. The van der Waals surface area contributed by atoms with Crippen LogP contribution in [0, 0.1) is 0 Å². The van der Waals surface area contributed by atoms with Crippen LogP contribution in [-0.2, 0) is 19.2 Å². The molecule has 0 fully saturated rings. The van der Waals surface area contributed by atoms with Gasteiger partial charge in [0.25, 0.3) is 5.91 Å². The Kier molecular flexibility index (Phi) is 14.3. The molecule has 2 heterocycles. The first-order chi connectivity index (χ1) is 24.2. The van der Waals surface area contributed by atoms with Crippen LogP contribution in [0.5, 0.6) is 0 Å². The monoisotopic (exact) mass is 684 g/mol. The number of aromatic nitrogens is 2. The molecular weight excluding hydrogens is 640 g/mol.